The zero-order chi connectivity index (χ0) is 10.4. The summed E-state index contributed by atoms with van der Waals surface area (Å²) in [5.74, 6) is 0.701. The van der Waals surface area contributed by atoms with E-state index in [2.05, 4.69) is 9.59 Å². The Morgan fingerprint density at radius 1 is 1.71 bits per heavy atom. The summed E-state index contributed by atoms with van der Waals surface area (Å²) in [6, 6.07) is 0. The average molecular weight is 253 g/mol. The number of rotatable bonds is 5. The van der Waals surface area contributed by atoms with Gasteiger partial charge in [0.2, 0.25) is 0 Å². The number of nitrogens with zero attached hydrogens (tertiary/aromatic N) is 2. The lowest BCUT2D eigenvalue weighted by Gasteiger charge is -1.99. The first-order valence-electron chi connectivity index (χ1n) is 3.94. The quantitative estimate of drug-likeness (QED) is 0.750. The average Bonchev–Trinajstić information content (AvgIpc) is 2.52. The molecule has 1 aromatic heterocycles. The number of carbonyl (C=O) groups excluding carboxylic acids is 1. The molecule has 7 heteroatoms. The van der Waals surface area contributed by atoms with E-state index < -0.39 is 0 Å². The second kappa shape index (κ2) is 6.21. The van der Waals surface area contributed by atoms with Gasteiger partial charge >= 0.3 is 5.97 Å². The summed E-state index contributed by atoms with van der Waals surface area (Å²) in [6.45, 7) is 2.20. The van der Waals surface area contributed by atoms with E-state index >= 15 is 0 Å². The summed E-state index contributed by atoms with van der Waals surface area (Å²) in [7, 11) is 0. The topological polar surface area (TPSA) is 52.1 Å². The van der Waals surface area contributed by atoms with Gasteiger partial charge in [0.05, 0.1) is 12.4 Å². The van der Waals surface area contributed by atoms with Crippen LogP contribution >= 0.6 is 34.9 Å². The maximum Gasteiger partial charge on any atom is 0.315 e. The lowest BCUT2D eigenvalue weighted by atomic mass is 10.6. The van der Waals surface area contributed by atoms with Gasteiger partial charge in [-0.2, -0.15) is 0 Å². The van der Waals surface area contributed by atoms with Crippen molar-refractivity contribution in [3.8, 4) is 0 Å². The Balaban J connectivity index is 2.22. The van der Waals surface area contributed by atoms with E-state index in [-0.39, 0.29) is 5.97 Å². The van der Waals surface area contributed by atoms with E-state index in [0.29, 0.717) is 22.4 Å². The molecule has 0 N–H and O–H groups in total. The van der Waals surface area contributed by atoms with Crippen molar-refractivity contribution in [1.29, 1.82) is 0 Å². The van der Waals surface area contributed by atoms with Crippen molar-refractivity contribution < 1.29 is 9.53 Å². The number of halogens is 1. The van der Waals surface area contributed by atoms with E-state index in [9.17, 15) is 4.79 Å². The maximum atomic E-state index is 10.9. The number of esters is 1. The molecule has 0 saturated heterocycles. The van der Waals surface area contributed by atoms with Crippen LogP contribution in [-0.4, -0.2) is 27.9 Å². The summed E-state index contributed by atoms with van der Waals surface area (Å²) in [4.78, 5) is 10.9. The molecule has 0 radical (unpaired) electrons. The van der Waals surface area contributed by atoms with Gasteiger partial charge in [-0.3, -0.25) is 4.79 Å². The van der Waals surface area contributed by atoms with Gasteiger partial charge < -0.3 is 4.74 Å². The van der Waals surface area contributed by atoms with Gasteiger partial charge in [-0.1, -0.05) is 16.1 Å². The lowest BCUT2D eigenvalue weighted by Crippen LogP contribution is -2.06. The van der Waals surface area contributed by atoms with Crippen LogP contribution in [0.5, 0.6) is 0 Å². The highest BCUT2D eigenvalue weighted by molar-refractivity contribution is 7.99. The molecule has 0 aliphatic carbocycles. The first-order valence-corrected chi connectivity index (χ1v) is 6.24. The van der Waals surface area contributed by atoms with Crippen molar-refractivity contribution >= 4 is 40.9 Å². The normalized spacial score (nSPS) is 10.1. The van der Waals surface area contributed by atoms with Crippen LogP contribution in [0.25, 0.3) is 0 Å². The predicted octanol–water partition coefficient (Wildman–Crippen LogP) is 1.99. The van der Waals surface area contributed by atoms with Crippen molar-refractivity contribution in [3.05, 3.63) is 10.0 Å². The van der Waals surface area contributed by atoms with Crippen LogP contribution in [0.15, 0.2) is 0 Å². The Morgan fingerprint density at radius 3 is 3.07 bits per heavy atom. The highest BCUT2D eigenvalue weighted by Gasteiger charge is 2.07. The van der Waals surface area contributed by atoms with Crippen molar-refractivity contribution in [3.63, 3.8) is 0 Å². The molecule has 78 valence electrons. The molecule has 0 atom stereocenters. The minimum absolute atomic E-state index is 0.211. The molecule has 0 fully saturated rings. The SMILES string of the molecule is CCOC(=O)CSCc1nnsc1Cl. The molecule has 0 saturated carbocycles. The zero-order valence-electron chi connectivity index (χ0n) is 7.53. The summed E-state index contributed by atoms with van der Waals surface area (Å²) in [6.07, 6.45) is 0. The Bertz CT molecular complexity index is 306. The van der Waals surface area contributed by atoms with Crippen molar-refractivity contribution in [2.24, 2.45) is 0 Å². The fraction of sp³-hybridized carbons (Fsp3) is 0.571. The van der Waals surface area contributed by atoms with Gasteiger partial charge in [0, 0.05) is 17.3 Å². The minimum atomic E-state index is -0.211. The van der Waals surface area contributed by atoms with E-state index in [0.717, 1.165) is 17.2 Å². The number of aromatic nitrogens is 2. The summed E-state index contributed by atoms with van der Waals surface area (Å²) >= 11 is 8.35. The van der Waals surface area contributed by atoms with E-state index in [1.165, 1.54) is 11.8 Å². The summed E-state index contributed by atoms with van der Waals surface area (Å²) in [5.41, 5.74) is 0.728. The van der Waals surface area contributed by atoms with Crippen molar-refractivity contribution in [2.75, 3.05) is 12.4 Å². The third kappa shape index (κ3) is 3.81. The Hall–Kier alpha value is -0.330. The molecule has 4 nitrogen and oxygen atoms in total. The first-order chi connectivity index (χ1) is 6.74. The molecule has 0 aliphatic rings. The highest BCUT2D eigenvalue weighted by atomic mass is 35.5. The summed E-state index contributed by atoms with van der Waals surface area (Å²) in [5, 5.41) is 3.82. The molecule has 0 aliphatic heterocycles. The van der Waals surface area contributed by atoms with Crippen molar-refractivity contribution in [2.45, 2.75) is 12.7 Å². The smallest absolute Gasteiger partial charge is 0.315 e. The fourth-order valence-corrected chi connectivity index (χ4v) is 2.26. The third-order valence-electron chi connectivity index (χ3n) is 1.27. The Labute approximate surface area is 95.1 Å². The van der Waals surface area contributed by atoms with Crippen LogP contribution in [0.3, 0.4) is 0 Å². The lowest BCUT2D eigenvalue weighted by molar-refractivity contribution is -0.139. The molecule has 1 aromatic rings. The number of ether oxygens (including phenoxy) is 1. The van der Waals surface area contributed by atoms with Crippen LogP contribution < -0.4 is 0 Å². The van der Waals surface area contributed by atoms with Crippen LogP contribution in [0.2, 0.25) is 4.34 Å². The van der Waals surface area contributed by atoms with E-state index in [4.69, 9.17) is 16.3 Å². The fourth-order valence-electron chi connectivity index (χ4n) is 0.717. The molecule has 0 unspecified atom stereocenters. The van der Waals surface area contributed by atoms with Crippen LogP contribution in [0, 0.1) is 0 Å². The van der Waals surface area contributed by atoms with Crippen LogP contribution in [0.1, 0.15) is 12.6 Å². The summed E-state index contributed by atoms with van der Waals surface area (Å²) < 4.78 is 9.04. The second-order valence-corrected chi connectivity index (χ2v) is 4.63. The van der Waals surface area contributed by atoms with Gasteiger partial charge in [0.25, 0.3) is 0 Å². The number of carbonyl (C=O) groups is 1. The maximum absolute atomic E-state index is 10.9. The highest BCUT2D eigenvalue weighted by Crippen LogP contribution is 2.21. The molecule has 0 bridgehead atoms. The van der Waals surface area contributed by atoms with Crippen LogP contribution in [-0.2, 0) is 15.3 Å². The van der Waals surface area contributed by atoms with Gasteiger partial charge in [-0.15, -0.1) is 16.9 Å². The van der Waals surface area contributed by atoms with E-state index in [1.807, 2.05) is 0 Å². The molecule has 1 heterocycles. The number of thioether (sulfide) groups is 1. The van der Waals surface area contributed by atoms with Gasteiger partial charge in [0.15, 0.2) is 0 Å². The molecule has 14 heavy (non-hydrogen) atoms. The largest absolute Gasteiger partial charge is 0.465 e. The van der Waals surface area contributed by atoms with E-state index in [1.54, 1.807) is 6.92 Å². The molecule has 0 spiro atoms. The predicted molar refractivity (Wildman–Crippen MR) is 57.7 cm³/mol. The standard InChI is InChI=1S/C7H9ClN2O2S2/c1-2-12-6(11)4-13-3-5-7(8)14-10-9-5/h2-4H2,1H3. The second-order valence-electron chi connectivity index (χ2n) is 2.29. The number of hydrogen-bond donors (Lipinski definition) is 0. The molecule has 1 rings (SSSR count). The Morgan fingerprint density at radius 2 is 2.50 bits per heavy atom. The first kappa shape index (κ1) is 11.7. The number of hydrogen-bond acceptors (Lipinski definition) is 6. The molecular formula is C7H9ClN2O2S2. The third-order valence-corrected chi connectivity index (χ3v) is 3.18. The van der Waals surface area contributed by atoms with Gasteiger partial charge in [-0.05, 0) is 6.92 Å². The molecule has 0 aromatic carbocycles. The van der Waals surface area contributed by atoms with Gasteiger partial charge in [-0.25, -0.2) is 0 Å². The minimum Gasteiger partial charge on any atom is -0.465 e. The van der Waals surface area contributed by atoms with Gasteiger partial charge in [0.1, 0.15) is 10.0 Å². The molecular weight excluding hydrogens is 244 g/mol. The van der Waals surface area contributed by atoms with Crippen LogP contribution in [0.4, 0.5) is 0 Å². The molecule has 0 amide bonds. The van der Waals surface area contributed by atoms with Crippen molar-refractivity contribution in [1.82, 2.24) is 9.59 Å². The monoisotopic (exact) mass is 252 g/mol. The zero-order valence-corrected chi connectivity index (χ0v) is 9.92. The Kier molecular flexibility index (Phi) is 5.21.